The Morgan fingerprint density at radius 2 is 1.64 bits per heavy atom. The van der Waals surface area contributed by atoms with Crippen LogP contribution >= 0.6 is 0 Å². The molecule has 1 saturated carbocycles. The zero-order valence-corrected chi connectivity index (χ0v) is 28.2. The smallest absolute Gasteiger partial charge is 0.247 e. The van der Waals surface area contributed by atoms with Gasteiger partial charge in [0.25, 0.3) is 0 Å². The molecule has 3 aliphatic heterocycles. The molecule has 2 N–H and O–H groups in total. The molecule has 0 bridgehead atoms. The molecule has 50 heavy (non-hydrogen) atoms. The lowest BCUT2D eigenvalue weighted by molar-refractivity contribution is -0.111. The number of amides is 1. The minimum Gasteiger partial charge on any atom is -0.494 e. The third-order valence-corrected chi connectivity index (χ3v) is 10.5. The number of hydrogen-bond acceptors (Lipinski definition) is 10. The number of nitrogens with one attached hydrogen (secondary N) is 2. The normalized spacial score (nSPS) is 20.8. The van der Waals surface area contributed by atoms with Gasteiger partial charge in [-0.1, -0.05) is 19.1 Å². The van der Waals surface area contributed by atoms with Crippen LogP contribution < -0.4 is 25.3 Å². The van der Waals surface area contributed by atoms with E-state index >= 15 is 0 Å². The van der Waals surface area contributed by atoms with Gasteiger partial charge in [-0.15, -0.1) is 0 Å². The molecule has 4 fully saturated rings. The van der Waals surface area contributed by atoms with Crippen LogP contribution in [0, 0.1) is 17.5 Å². The molecule has 11 nitrogen and oxygen atoms in total. The SMILES string of the molecule is C=CC(=O)Nc1cc(Nc2cc(N3OCCC3c3ccc(F)c(F)c3F)ncn2)c(OC)cc1N1CCC(N2CCN(C3CCC3)CC2)CC1. The predicted octanol–water partition coefficient (Wildman–Crippen LogP) is 5.79. The summed E-state index contributed by atoms with van der Waals surface area (Å²) in [6.07, 6.45) is 9.00. The van der Waals surface area contributed by atoms with Crippen molar-refractivity contribution in [2.45, 2.75) is 56.7 Å². The number of carbonyl (C=O) groups excluding carboxylic acids is 1. The molecular weight excluding hydrogens is 649 g/mol. The van der Waals surface area contributed by atoms with Crippen molar-refractivity contribution in [1.82, 2.24) is 19.8 Å². The van der Waals surface area contributed by atoms with Crippen molar-refractivity contribution in [2.24, 2.45) is 0 Å². The van der Waals surface area contributed by atoms with Crippen LogP contribution in [-0.2, 0) is 9.63 Å². The number of hydrogen-bond donors (Lipinski definition) is 2. The van der Waals surface area contributed by atoms with Crippen LogP contribution in [0.5, 0.6) is 5.75 Å². The van der Waals surface area contributed by atoms with Crippen LogP contribution in [0.1, 0.15) is 50.1 Å². The molecule has 4 heterocycles. The largest absolute Gasteiger partial charge is 0.494 e. The van der Waals surface area contributed by atoms with Crippen LogP contribution in [-0.4, -0.2) is 90.7 Å². The molecule has 7 rings (SSSR count). The summed E-state index contributed by atoms with van der Waals surface area (Å²) in [5.41, 5.74) is 1.94. The Morgan fingerprint density at radius 1 is 0.920 bits per heavy atom. The van der Waals surface area contributed by atoms with Crippen LogP contribution in [0.25, 0.3) is 0 Å². The standard InChI is InChI=1S/C36H43F3N8O3/c1-3-34(48)43-27-19-28(42-32-21-33(41-22-40-32)47-29(11-18-50-47)25-7-8-26(37)36(39)35(25)38)31(49-2)20-30(27)46-12-9-24(10-13-46)45-16-14-44(15-17-45)23-5-4-6-23/h3,7-8,19-24,29H,1,4-6,9-18H2,2H3,(H,43,48)(H,40,41,42). The summed E-state index contributed by atoms with van der Waals surface area (Å²) in [6, 6.07) is 8.02. The fraction of sp³-hybridized carbons (Fsp3) is 0.472. The summed E-state index contributed by atoms with van der Waals surface area (Å²) in [7, 11) is 1.58. The predicted molar refractivity (Wildman–Crippen MR) is 185 cm³/mol. The van der Waals surface area contributed by atoms with E-state index in [2.05, 4.69) is 41.9 Å². The number of benzene rings is 2. The first-order valence-corrected chi connectivity index (χ1v) is 17.4. The number of ether oxygens (including phenoxy) is 1. The molecule has 14 heteroatoms. The molecular formula is C36H43F3N8O3. The van der Waals surface area contributed by atoms with Crippen LogP contribution in [0.4, 0.5) is 41.9 Å². The Kier molecular flexibility index (Phi) is 10.1. The topological polar surface area (TPSA) is 98.3 Å². The Morgan fingerprint density at radius 3 is 2.30 bits per heavy atom. The molecule has 1 aromatic heterocycles. The van der Waals surface area contributed by atoms with E-state index < -0.39 is 23.5 Å². The lowest BCUT2D eigenvalue weighted by Gasteiger charge is -2.46. The Bertz CT molecular complexity index is 1710. The van der Waals surface area contributed by atoms with Crippen molar-refractivity contribution in [3.8, 4) is 5.75 Å². The van der Waals surface area contributed by atoms with Crippen molar-refractivity contribution in [1.29, 1.82) is 0 Å². The maximum absolute atomic E-state index is 14.7. The van der Waals surface area contributed by atoms with E-state index in [1.165, 1.54) is 42.8 Å². The van der Waals surface area contributed by atoms with Crippen molar-refractivity contribution < 1.29 is 27.5 Å². The maximum Gasteiger partial charge on any atom is 0.247 e. The first kappa shape index (κ1) is 34.1. The summed E-state index contributed by atoms with van der Waals surface area (Å²) in [5.74, 6) is -3.21. The van der Waals surface area contributed by atoms with Gasteiger partial charge in [-0.3, -0.25) is 19.4 Å². The summed E-state index contributed by atoms with van der Waals surface area (Å²) < 4.78 is 48.3. The van der Waals surface area contributed by atoms with Gasteiger partial charge in [0.15, 0.2) is 23.3 Å². The average molecular weight is 693 g/mol. The summed E-state index contributed by atoms with van der Waals surface area (Å²) in [4.78, 5) is 34.6. The van der Waals surface area contributed by atoms with Gasteiger partial charge in [-0.05, 0) is 43.9 Å². The van der Waals surface area contributed by atoms with Gasteiger partial charge in [0.05, 0.1) is 36.8 Å². The number of nitrogens with zero attached hydrogens (tertiary/aromatic N) is 6. The summed E-state index contributed by atoms with van der Waals surface area (Å²) in [6.45, 7) is 10.1. The van der Waals surface area contributed by atoms with Crippen molar-refractivity contribution in [3.63, 3.8) is 0 Å². The molecule has 1 unspecified atom stereocenters. The van der Waals surface area contributed by atoms with E-state index in [9.17, 15) is 18.0 Å². The van der Waals surface area contributed by atoms with Crippen LogP contribution in [0.15, 0.2) is 49.3 Å². The highest BCUT2D eigenvalue weighted by Gasteiger charge is 2.34. The first-order chi connectivity index (χ1) is 24.3. The number of aromatic nitrogens is 2. The van der Waals surface area contributed by atoms with E-state index in [-0.39, 0.29) is 23.9 Å². The second-order valence-electron chi connectivity index (χ2n) is 13.3. The lowest BCUT2D eigenvalue weighted by atomic mass is 9.91. The Labute approximate surface area is 290 Å². The second-order valence-corrected chi connectivity index (χ2v) is 13.3. The zero-order valence-electron chi connectivity index (χ0n) is 28.2. The molecule has 1 amide bonds. The number of piperidine rings is 1. The molecule has 0 spiro atoms. The van der Waals surface area contributed by atoms with Gasteiger partial charge in [-0.2, -0.15) is 0 Å². The van der Waals surface area contributed by atoms with Gasteiger partial charge in [0.1, 0.15) is 17.9 Å². The number of anilines is 5. The molecule has 2 aromatic carbocycles. The zero-order chi connectivity index (χ0) is 34.8. The van der Waals surface area contributed by atoms with E-state index in [0.717, 1.165) is 69.9 Å². The average Bonchev–Trinajstić information content (AvgIpc) is 3.60. The highest BCUT2D eigenvalue weighted by atomic mass is 19.2. The van der Waals surface area contributed by atoms with Gasteiger partial charge in [0, 0.05) is 75.5 Å². The Balaban J connectivity index is 1.08. The highest BCUT2D eigenvalue weighted by Crippen LogP contribution is 2.41. The lowest BCUT2D eigenvalue weighted by Crippen LogP contribution is -2.56. The third-order valence-electron chi connectivity index (χ3n) is 10.5. The van der Waals surface area contributed by atoms with Crippen LogP contribution in [0.3, 0.4) is 0 Å². The van der Waals surface area contributed by atoms with Gasteiger partial charge in [-0.25, -0.2) is 28.2 Å². The van der Waals surface area contributed by atoms with E-state index in [4.69, 9.17) is 9.57 Å². The molecule has 1 aliphatic carbocycles. The number of rotatable bonds is 10. The second kappa shape index (κ2) is 14.8. The monoisotopic (exact) mass is 692 g/mol. The van der Waals surface area contributed by atoms with Crippen LogP contribution in [0.2, 0.25) is 0 Å². The first-order valence-electron chi connectivity index (χ1n) is 17.4. The summed E-state index contributed by atoms with van der Waals surface area (Å²) in [5, 5.41) is 7.59. The number of carbonyl (C=O) groups is 1. The molecule has 266 valence electrons. The third kappa shape index (κ3) is 6.96. The van der Waals surface area contributed by atoms with Crippen molar-refractivity contribution in [2.75, 3.05) is 73.6 Å². The van der Waals surface area contributed by atoms with Crippen molar-refractivity contribution in [3.05, 3.63) is 72.3 Å². The van der Waals surface area contributed by atoms with E-state index in [1.807, 2.05) is 6.07 Å². The fourth-order valence-corrected chi connectivity index (χ4v) is 7.52. The number of methoxy groups -OCH3 is 1. The number of hydroxylamine groups is 1. The highest BCUT2D eigenvalue weighted by molar-refractivity contribution is 6.02. The number of piperazine rings is 1. The van der Waals surface area contributed by atoms with Gasteiger partial charge >= 0.3 is 0 Å². The fourth-order valence-electron chi connectivity index (χ4n) is 7.52. The van der Waals surface area contributed by atoms with E-state index in [1.54, 1.807) is 19.2 Å². The molecule has 1 atom stereocenters. The molecule has 3 saturated heterocycles. The quantitative estimate of drug-likeness (QED) is 0.201. The summed E-state index contributed by atoms with van der Waals surface area (Å²) >= 11 is 0. The van der Waals surface area contributed by atoms with Gasteiger partial charge in [0.2, 0.25) is 5.91 Å². The Hall–Kier alpha value is -4.40. The maximum atomic E-state index is 14.7. The van der Waals surface area contributed by atoms with Crippen molar-refractivity contribution >= 4 is 34.6 Å². The number of halogens is 3. The minimum absolute atomic E-state index is 0.0371. The molecule has 0 radical (unpaired) electrons. The van der Waals surface area contributed by atoms with E-state index in [0.29, 0.717) is 35.4 Å². The van der Waals surface area contributed by atoms with Gasteiger partial charge < -0.3 is 20.3 Å². The minimum atomic E-state index is -1.53. The molecule has 4 aliphatic rings. The molecule has 3 aromatic rings.